The molecule has 0 bridgehead atoms. The zero-order chi connectivity index (χ0) is 13.6. The number of anilines is 1. The van der Waals surface area contributed by atoms with Crippen molar-refractivity contribution in [2.24, 2.45) is 0 Å². The molecule has 0 aliphatic carbocycles. The maximum atomic E-state index is 12.0. The summed E-state index contributed by atoms with van der Waals surface area (Å²) in [4.78, 5) is 12.0. The number of para-hydroxylation sites is 1. The molecule has 0 spiro atoms. The molecule has 0 radical (unpaired) electrons. The number of unbranched alkanes of at least 4 members (excludes halogenated alkanes) is 1. The molecule has 0 aromatic heterocycles. The largest absolute Gasteiger partial charge is 0.462 e. The van der Waals surface area contributed by atoms with Crippen LogP contribution in [0.2, 0.25) is 0 Å². The Balaban J connectivity index is 2.78. The van der Waals surface area contributed by atoms with Gasteiger partial charge in [-0.05, 0) is 39.3 Å². The van der Waals surface area contributed by atoms with Gasteiger partial charge in [0.2, 0.25) is 0 Å². The highest BCUT2D eigenvalue weighted by molar-refractivity contribution is 5.95. The van der Waals surface area contributed by atoms with E-state index in [1.54, 1.807) is 6.07 Å². The lowest BCUT2D eigenvalue weighted by Crippen LogP contribution is -2.27. The Morgan fingerprint density at radius 1 is 1.28 bits per heavy atom. The first kappa shape index (κ1) is 14.6. The van der Waals surface area contributed by atoms with E-state index < -0.39 is 0 Å². The third-order valence-electron chi connectivity index (χ3n) is 2.39. The second-order valence-electron chi connectivity index (χ2n) is 5.41. The number of hydrogen-bond donors (Lipinski definition) is 1. The third kappa shape index (κ3) is 4.78. The number of rotatable bonds is 5. The first-order chi connectivity index (χ1) is 8.44. The van der Waals surface area contributed by atoms with Crippen LogP contribution in [0, 0.1) is 0 Å². The molecule has 1 rings (SSSR count). The predicted octanol–water partition coefficient (Wildman–Crippen LogP) is 3.85. The topological polar surface area (TPSA) is 38.3 Å². The van der Waals surface area contributed by atoms with Gasteiger partial charge in [0, 0.05) is 11.2 Å². The Bertz CT molecular complexity index is 394. The summed E-state index contributed by atoms with van der Waals surface area (Å²) in [5.74, 6) is -0.254. The molecule has 1 aromatic rings. The highest BCUT2D eigenvalue weighted by Crippen LogP contribution is 2.20. The standard InChI is InChI=1S/C15H23NO2/c1-5-6-11-18-14(17)12-9-7-8-10-13(12)16-15(2,3)4/h7-10,16H,5-6,11H2,1-4H3. The molecular weight excluding hydrogens is 226 g/mol. The van der Waals surface area contributed by atoms with Gasteiger partial charge < -0.3 is 10.1 Å². The van der Waals surface area contributed by atoms with Gasteiger partial charge in [0.05, 0.1) is 12.2 Å². The van der Waals surface area contributed by atoms with E-state index >= 15 is 0 Å². The lowest BCUT2D eigenvalue weighted by atomic mass is 10.1. The summed E-state index contributed by atoms with van der Waals surface area (Å²) in [5, 5.41) is 3.32. The molecule has 100 valence electrons. The van der Waals surface area contributed by atoms with Crippen LogP contribution in [0.15, 0.2) is 24.3 Å². The van der Waals surface area contributed by atoms with Crippen molar-refractivity contribution < 1.29 is 9.53 Å². The fourth-order valence-corrected chi connectivity index (χ4v) is 1.56. The third-order valence-corrected chi connectivity index (χ3v) is 2.39. The molecule has 0 aliphatic rings. The fraction of sp³-hybridized carbons (Fsp3) is 0.533. The summed E-state index contributed by atoms with van der Waals surface area (Å²) in [6.07, 6.45) is 1.93. The zero-order valence-electron chi connectivity index (χ0n) is 11.7. The van der Waals surface area contributed by atoms with Gasteiger partial charge in [-0.3, -0.25) is 0 Å². The Labute approximate surface area is 110 Å². The van der Waals surface area contributed by atoms with Crippen LogP contribution >= 0.6 is 0 Å². The van der Waals surface area contributed by atoms with Crippen LogP contribution in [0.25, 0.3) is 0 Å². The molecule has 0 heterocycles. The minimum Gasteiger partial charge on any atom is -0.462 e. The maximum absolute atomic E-state index is 12.0. The number of hydrogen-bond acceptors (Lipinski definition) is 3. The molecule has 0 fully saturated rings. The minimum absolute atomic E-state index is 0.0835. The van der Waals surface area contributed by atoms with Crippen LogP contribution < -0.4 is 5.32 Å². The molecular formula is C15H23NO2. The minimum atomic E-state index is -0.254. The summed E-state index contributed by atoms with van der Waals surface area (Å²) in [6.45, 7) is 8.74. The number of esters is 1. The number of carbonyl (C=O) groups is 1. The van der Waals surface area contributed by atoms with Gasteiger partial charge in [0.25, 0.3) is 0 Å². The molecule has 0 unspecified atom stereocenters. The van der Waals surface area contributed by atoms with Gasteiger partial charge in [0.1, 0.15) is 0 Å². The summed E-state index contributed by atoms with van der Waals surface area (Å²) < 4.78 is 5.24. The number of ether oxygens (including phenoxy) is 1. The van der Waals surface area contributed by atoms with Gasteiger partial charge in [-0.15, -0.1) is 0 Å². The lowest BCUT2D eigenvalue weighted by molar-refractivity contribution is 0.0501. The van der Waals surface area contributed by atoms with Crippen LogP contribution in [-0.2, 0) is 4.74 Å². The molecule has 0 saturated heterocycles. The summed E-state index contributed by atoms with van der Waals surface area (Å²) in [5.41, 5.74) is 1.34. The first-order valence-electron chi connectivity index (χ1n) is 6.48. The molecule has 3 heteroatoms. The van der Waals surface area contributed by atoms with Crippen molar-refractivity contribution in [3.05, 3.63) is 29.8 Å². The second kappa shape index (κ2) is 6.43. The average Bonchev–Trinajstić information content (AvgIpc) is 2.27. The SMILES string of the molecule is CCCCOC(=O)c1ccccc1NC(C)(C)C. The van der Waals surface area contributed by atoms with Gasteiger partial charge in [0.15, 0.2) is 0 Å². The van der Waals surface area contributed by atoms with E-state index in [-0.39, 0.29) is 11.5 Å². The average molecular weight is 249 g/mol. The van der Waals surface area contributed by atoms with E-state index in [9.17, 15) is 4.79 Å². The van der Waals surface area contributed by atoms with E-state index in [1.165, 1.54) is 0 Å². The molecule has 3 nitrogen and oxygen atoms in total. The molecule has 0 amide bonds. The van der Waals surface area contributed by atoms with E-state index in [0.717, 1.165) is 18.5 Å². The smallest absolute Gasteiger partial charge is 0.340 e. The van der Waals surface area contributed by atoms with Gasteiger partial charge in [-0.1, -0.05) is 25.5 Å². The number of nitrogens with one attached hydrogen (secondary N) is 1. The first-order valence-corrected chi connectivity index (χ1v) is 6.48. The van der Waals surface area contributed by atoms with E-state index in [2.05, 4.69) is 33.0 Å². The van der Waals surface area contributed by atoms with Crippen LogP contribution in [0.3, 0.4) is 0 Å². The van der Waals surface area contributed by atoms with Crippen molar-refractivity contribution in [1.82, 2.24) is 0 Å². The van der Waals surface area contributed by atoms with Crippen LogP contribution in [-0.4, -0.2) is 18.1 Å². The quantitative estimate of drug-likeness (QED) is 0.636. The van der Waals surface area contributed by atoms with Crippen molar-refractivity contribution in [2.45, 2.75) is 46.1 Å². The molecule has 0 aliphatic heterocycles. The van der Waals surface area contributed by atoms with Gasteiger partial charge in [-0.25, -0.2) is 4.79 Å². The van der Waals surface area contributed by atoms with E-state index in [4.69, 9.17) is 4.74 Å². The molecule has 1 aromatic carbocycles. The Morgan fingerprint density at radius 3 is 2.56 bits per heavy atom. The summed E-state index contributed by atoms with van der Waals surface area (Å²) in [7, 11) is 0. The Morgan fingerprint density at radius 2 is 1.94 bits per heavy atom. The van der Waals surface area contributed by atoms with Crippen LogP contribution in [0.5, 0.6) is 0 Å². The highest BCUT2D eigenvalue weighted by Gasteiger charge is 2.16. The van der Waals surface area contributed by atoms with Crippen molar-refractivity contribution in [3.8, 4) is 0 Å². The van der Waals surface area contributed by atoms with E-state index in [0.29, 0.717) is 12.2 Å². The monoisotopic (exact) mass is 249 g/mol. The van der Waals surface area contributed by atoms with E-state index in [1.807, 2.05) is 18.2 Å². The van der Waals surface area contributed by atoms with Crippen molar-refractivity contribution in [1.29, 1.82) is 0 Å². The lowest BCUT2D eigenvalue weighted by Gasteiger charge is -2.23. The molecule has 0 atom stereocenters. The summed E-state index contributed by atoms with van der Waals surface area (Å²) in [6, 6.07) is 7.46. The van der Waals surface area contributed by atoms with Crippen LogP contribution in [0.4, 0.5) is 5.69 Å². The maximum Gasteiger partial charge on any atom is 0.340 e. The molecule has 0 saturated carbocycles. The zero-order valence-corrected chi connectivity index (χ0v) is 11.7. The van der Waals surface area contributed by atoms with Crippen LogP contribution in [0.1, 0.15) is 50.9 Å². The van der Waals surface area contributed by atoms with Crippen molar-refractivity contribution in [3.63, 3.8) is 0 Å². The number of carbonyl (C=O) groups excluding carboxylic acids is 1. The molecule has 18 heavy (non-hydrogen) atoms. The Hall–Kier alpha value is -1.51. The fourth-order valence-electron chi connectivity index (χ4n) is 1.56. The predicted molar refractivity (Wildman–Crippen MR) is 75.0 cm³/mol. The second-order valence-corrected chi connectivity index (χ2v) is 5.41. The number of benzene rings is 1. The molecule has 1 N–H and O–H groups in total. The Kier molecular flexibility index (Phi) is 5.20. The van der Waals surface area contributed by atoms with Gasteiger partial charge >= 0.3 is 5.97 Å². The highest BCUT2D eigenvalue weighted by atomic mass is 16.5. The summed E-state index contributed by atoms with van der Waals surface area (Å²) >= 11 is 0. The van der Waals surface area contributed by atoms with Gasteiger partial charge in [-0.2, -0.15) is 0 Å². The van der Waals surface area contributed by atoms with Crippen molar-refractivity contribution >= 4 is 11.7 Å². The van der Waals surface area contributed by atoms with Crippen molar-refractivity contribution in [2.75, 3.05) is 11.9 Å². The normalized spacial score (nSPS) is 11.1.